The Labute approximate surface area is 106 Å². The lowest BCUT2D eigenvalue weighted by molar-refractivity contribution is 0.0993. The van der Waals surface area contributed by atoms with Gasteiger partial charge in [0, 0.05) is 16.9 Å². The fraction of sp³-hybridized carbons (Fsp3) is 0.267. The summed E-state index contributed by atoms with van der Waals surface area (Å²) in [7, 11) is 0. The number of thiophene rings is 1. The quantitative estimate of drug-likeness (QED) is 0.743. The molecule has 2 aromatic rings. The summed E-state index contributed by atoms with van der Waals surface area (Å²) in [5.41, 5.74) is 4.49. The molecule has 0 spiro atoms. The Bertz CT molecular complexity index is 552. The molecule has 1 aromatic carbocycles. The molecular formula is C15H16OS. The molecule has 0 aliphatic heterocycles. The molecular weight excluding hydrogens is 228 g/mol. The molecule has 0 saturated heterocycles. The minimum atomic E-state index is 0.215. The highest BCUT2D eigenvalue weighted by atomic mass is 32.1. The first-order valence-electron chi connectivity index (χ1n) is 5.71. The van der Waals surface area contributed by atoms with Gasteiger partial charge in [0.25, 0.3) is 0 Å². The monoisotopic (exact) mass is 244 g/mol. The van der Waals surface area contributed by atoms with Crippen molar-refractivity contribution in [1.82, 2.24) is 0 Å². The van der Waals surface area contributed by atoms with E-state index in [0.717, 1.165) is 16.0 Å². The van der Waals surface area contributed by atoms with Crippen LogP contribution in [0.15, 0.2) is 29.6 Å². The normalized spacial score (nSPS) is 10.5. The van der Waals surface area contributed by atoms with E-state index in [1.165, 1.54) is 11.1 Å². The van der Waals surface area contributed by atoms with E-state index >= 15 is 0 Å². The molecule has 0 bridgehead atoms. The van der Waals surface area contributed by atoms with E-state index in [1.54, 1.807) is 11.3 Å². The van der Waals surface area contributed by atoms with Crippen molar-refractivity contribution in [1.29, 1.82) is 0 Å². The van der Waals surface area contributed by atoms with Crippen LogP contribution in [0.4, 0.5) is 0 Å². The van der Waals surface area contributed by atoms with E-state index in [2.05, 4.69) is 26.0 Å². The summed E-state index contributed by atoms with van der Waals surface area (Å²) < 4.78 is 0. The van der Waals surface area contributed by atoms with Crippen molar-refractivity contribution in [2.24, 2.45) is 0 Å². The predicted octanol–water partition coefficient (Wildman–Crippen LogP) is 4.10. The zero-order valence-corrected chi connectivity index (χ0v) is 11.2. The summed E-state index contributed by atoms with van der Waals surface area (Å²) >= 11 is 1.63. The number of Topliss-reactive ketones (excluding diaryl/α,β-unsaturated/α-hetero) is 1. The number of rotatable bonds is 3. The summed E-state index contributed by atoms with van der Waals surface area (Å²) in [6.07, 6.45) is 0.499. The first kappa shape index (κ1) is 12.1. The molecule has 88 valence electrons. The highest BCUT2D eigenvalue weighted by Crippen LogP contribution is 2.18. The number of ketones is 1. The Morgan fingerprint density at radius 1 is 1.12 bits per heavy atom. The van der Waals surface area contributed by atoms with Crippen LogP contribution in [0.25, 0.3) is 0 Å². The standard InChI is InChI=1S/C15H16OS/c1-10-4-5-13(8-11(10)2)9-15(16)14-6-7-17-12(14)3/h4-8H,9H2,1-3H3. The van der Waals surface area contributed by atoms with Crippen molar-refractivity contribution in [2.45, 2.75) is 27.2 Å². The number of hydrogen-bond donors (Lipinski definition) is 0. The molecule has 0 amide bonds. The Morgan fingerprint density at radius 2 is 1.88 bits per heavy atom. The molecule has 0 radical (unpaired) electrons. The van der Waals surface area contributed by atoms with Gasteiger partial charge >= 0.3 is 0 Å². The van der Waals surface area contributed by atoms with E-state index in [4.69, 9.17) is 0 Å². The van der Waals surface area contributed by atoms with E-state index in [9.17, 15) is 4.79 Å². The Kier molecular flexibility index (Phi) is 3.43. The van der Waals surface area contributed by atoms with Crippen molar-refractivity contribution in [3.05, 3.63) is 56.8 Å². The van der Waals surface area contributed by atoms with Crippen molar-refractivity contribution >= 4 is 17.1 Å². The number of aryl methyl sites for hydroxylation is 3. The van der Waals surface area contributed by atoms with Crippen molar-refractivity contribution in [3.63, 3.8) is 0 Å². The van der Waals surface area contributed by atoms with Crippen LogP contribution >= 0.6 is 11.3 Å². The van der Waals surface area contributed by atoms with Gasteiger partial charge in [0.05, 0.1) is 0 Å². The van der Waals surface area contributed by atoms with Crippen LogP contribution in [0.1, 0.15) is 31.9 Å². The van der Waals surface area contributed by atoms with Gasteiger partial charge in [-0.15, -0.1) is 11.3 Å². The zero-order chi connectivity index (χ0) is 12.4. The lowest BCUT2D eigenvalue weighted by atomic mass is 10.00. The first-order valence-corrected chi connectivity index (χ1v) is 6.59. The second-order valence-electron chi connectivity index (χ2n) is 4.41. The van der Waals surface area contributed by atoms with Gasteiger partial charge < -0.3 is 0 Å². The molecule has 1 nitrogen and oxygen atoms in total. The average Bonchev–Trinajstić information content (AvgIpc) is 2.70. The van der Waals surface area contributed by atoms with E-state index < -0.39 is 0 Å². The maximum absolute atomic E-state index is 12.1. The Morgan fingerprint density at radius 3 is 2.47 bits per heavy atom. The van der Waals surface area contributed by atoms with Crippen LogP contribution in [0.5, 0.6) is 0 Å². The second-order valence-corrected chi connectivity index (χ2v) is 5.53. The van der Waals surface area contributed by atoms with E-state index in [1.807, 2.05) is 24.4 Å². The zero-order valence-electron chi connectivity index (χ0n) is 10.4. The van der Waals surface area contributed by atoms with Crippen LogP contribution in [0.2, 0.25) is 0 Å². The molecule has 0 saturated carbocycles. The number of carbonyl (C=O) groups excluding carboxylic acids is 1. The smallest absolute Gasteiger partial charge is 0.168 e. The van der Waals surface area contributed by atoms with Gasteiger partial charge in [-0.25, -0.2) is 0 Å². The predicted molar refractivity (Wildman–Crippen MR) is 73.0 cm³/mol. The fourth-order valence-corrected chi connectivity index (χ4v) is 2.59. The van der Waals surface area contributed by atoms with Gasteiger partial charge in [-0.2, -0.15) is 0 Å². The third-order valence-corrected chi connectivity index (χ3v) is 3.94. The number of hydrogen-bond acceptors (Lipinski definition) is 2. The molecule has 2 heteroatoms. The Balaban J connectivity index is 2.19. The second kappa shape index (κ2) is 4.84. The van der Waals surface area contributed by atoms with Crippen LogP contribution in [-0.4, -0.2) is 5.78 Å². The third kappa shape index (κ3) is 2.64. The maximum atomic E-state index is 12.1. The van der Waals surface area contributed by atoms with Crippen molar-refractivity contribution in [3.8, 4) is 0 Å². The minimum absolute atomic E-state index is 0.215. The summed E-state index contributed by atoms with van der Waals surface area (Å²) in [6.45, 7) is 6.17. The number of benzene rings is 1. The average molecular weight is 244 g/mol. The summed E-state index contributed by atoms with van der Waals surface area (Å²) in [4.78, 5) is 13.2. The molecule has 0 aliphatic carbocycles. The molecule has 0 aliphatic rings. The molecule has 0 N–H and O–H groups in total. The van der Waals surface area contributed by atoms with Gasteiger partial charge in [-0.05, 0) is 48.9 Å². The molecule has 0 unspecified atom stereocenters. The summed E-state index contributed by atoms with van der Waals surface area (Å²) in [5, 5.41) is 1.98. The fourth-order valence-electron chi connectivity index (χ4n) is 1.87. The third-order valence-electron chi connectivity index (χ3n) is 3.10. The van der Waals surface area contributed by atoms with Crippen molar-refractivity contribution in [2.75, 3.05) is 0 Å². The Hall–Kier alpha value is -1.41. The highest BCUT2D eigenvalue weighted by molar-refractivity contribution is 7.10. The summed E-state index contributed by atoms with van der Waals surface area (Å²) in [6, 6.07) is 8.15. The van der Waals surface area contributed by atoms with Crippen LogP contribution in [0, 0.1) is 20.8 Å². The summed E-state index contributed by atoms with van der Waals surface area (Å²) in [5.74, 6) is 0.215. The molecule has 1 heterocycles. The molecule has 2 rings (SSSR count). The van der Waals surface area contributed by atoms with E-state index in [0.29, 0.717) is 6.42 Å². The van der Waals surface area contributed by atoms with E-state index in [-0.39, 0.29) is 5.78 Å². The lowest BCUT2D eigenvalue weighted by Gasteiger charge is -2.04. The van der Waals surface area contributed by atoms with Crippen molar-refractivity contribution < 1.29 is 4.79 Å². The lowest BCUT2D eigenvalue weighted by Crippen LogP contribution is -2.04. The van der Waals surface area contributed by atoms with Crippen LogP contribution in [0.3, 0.4) is 0 Å². The van der Waals surface area contributed by atoms with Gasteiger partial charge in [-0.3, -0.25) is 4.79 Å². The minimum Gasteiger partial charge on any atom is -0.294 e. The van der Waals surface area contributed by atoms with Crippen LogP contribution < -0.4 is 0 Å². The number of carbonyl (C=O) groups is 1. The van der Waals surface area contributed by atoms with Gasteiger partial charge in [0.2, 0.25) is 0 Å². The maximum Gasteiger partial charge on any atom is 0.168 e. The van der Waals surface area contributed by atoms with Crippen LogP contribution in [-0.2, 0) is 6.42 Å². The topological polar surface area (TPSA) is 17.1 Å². The molecule has 1 aromatic heterocycles. The molecule has 17 heavy (non-hydrogen) atoms. The van der Waals surface area contributed by atoms with Gasteiger partial charge in [-0.1, -0.05) is 18.2 Å². The molecule has 0 fully saturated rings. The largest absolute Gasteiger partial charge is 0.294 e. The SMILES string of the molecule is Cc1ccc(CC(=O)c2ccsc2C)cc1C. The highest BCUT2D eigenvalue weighted by Gasteiger charge is 2.11. The molecule has 0 atom stereocenters. The first-order chi connectivity index (χ1) is 8.08. The van der Waals surface area contributed by atoms with Gasteiger partial charge in [0.1, 0.15) is 0 Å². The van der Waals surface area contributed by atoms with Gasteiger partial charge in [0.15, 0.2) is 5.78 Å².